The van der Waals surface area contributed by atoms with Crippen molar-refractivity contribution >= 4 is 33.7 Å². The van der Waals surface area contributed by atoms with Crippen LogP contribution in [0.1, 0.15) is 24.8 Å². The predicted octanol–water partition coefficient (Wildman–Crippen LogP) is 2.00. The van der Waals surface area contributed by atoms with Gasteiger partial charge in [0.2, 0.25) is 10.0 Å². The number of carbonyl (C=O) groups is 2. The fraction of sp³-hybridized carbons (Fsp3) is 0.375. The Labute approximate surface area is 205 Å². The molecule has 1 aliphatic heterocycles. The van der Waals surface area contributed by atoms with Crippen LogP contribution in [-0.4, -0.2) is 71.0 Å². The molecular formula is C24H30N4O6S. The summed E-state index contributed by atoms with van der Waals surface area (Å²) in [6.45, 7) is 1.12. The van der Waals surface area contributed by atoms with Crippen molar-refractivity contribution in [2.24, 2.45) is 5.10 Å². The average molecular weight is 503 g/mol. The van der Waals surface area contributed by atoms with E-state index in [4.69, 9.17) is 9.47 Å². The molecule has 1 aliphatic rings. The first kappa shape index (κ1) is 26.0. The van der Waals surface area contributed by atoms with Crippen LogP contribution < -0.4 is 19.2 Å². The molecule has 0 aliphatic carbocycles. The molecule has 0 radical (unpaired) electrons. The summed E-state index contributed by atoms with van der Waals surface area (Å²) >= 11 is 0. The van der Waals surface area contributed by atoms with Crippen LogP contribution in [0.4, 0.5) is 5.69 Å². The lowest BCUT2D eigenvalue weighted by molar-refractivity contribution is -0.134. The van der Waals surface area contributed by atoms with E-state index in [1.54, 1.807) is 42.5 Å². The van der Waals surface area contributed by atoms with Crippen molar-refractivity contribution in [2.45, 2.75) is 19.3 Å². The number of hydrazone groups is 1. The van der Waals surface area contributed by atoms with E-state index in [1.165, 1.54) is 19.4 Å². The lowest BCUT2D eigenvalue weighted by Gasteiger charge is -2.26. The zero-order valence-corrected chi connectivity index (χ0v) is 20.7. The van der Waals surface area contributed by atoms with Crippen molar-refractivity contribution in [1.29, 1.82) is 0 Å². The Hall–Kier alpha value is -3.60. The van der Waals surface area contributed by atoms with Gasteiger partial charge in [0.1, 0.15) is 18.0 Å². The molecule has 2 aromatic carbocycles. The van der Waals surface area contributed by atoms with Crippen LogP contribution in [0.2, 0.25) is 0 Å². The first-order valence-corrected chi connectivity index (χ1v) is 13.1. The molecule has 0 aromatic heterocycles. The number of ether oxygens (including phenoxy) is 2. The molecule has 188 valence electrons. The van der Waals surface area contributed by atoms with Crippen LogP contribution in [-0.2, 0) is 19.6 Å². The third kappa shape index (κ3) is 7.99. The summed E-state index contributed by atoms with van der Waals surface area (Å²) in [5.41, 5.74) is 3.33. The molecule has 11 heteroatoms. The van der Waals surface area contributed by atoms with E-state index >= 15 is 0 Å². The van der Waals surface area contributed by atoms with Crippen LogP contribution in [0.3, 0.4) is 0 Å². The summed E-state index contributed by atoms with van der Waals surface area (Å²) < 4.78 is 36.1. The van der Waals surface area contributed by atoms with Gasteiger partial charge in [0.05, 0.1) is 25.3 Å². The summed E-state index contributed by atoms with van der Waals surface area (Å²) in [5.74, 6) is 0.400. The fourth-order valence-electron chi connectivity index (χ4n) is 3.54. The average Bonchev–Trinajstić information content (AvgIpc) is 2.86. The maximum absolute atomic E-state index is 12.3. The van der Waals surface area contributed by atoms with Gasteiger partial charge in [-0.25, -0.2) is 13.8 Å². The highest BCUT2D eigenvalue weighted by Gasteiger charge is 2.21. The Kier molecular flexibility index (Phi) is 9.07. The smallest absolute Gasteiger partial charge is 0.260 e. The molecule has 2 amide bonds. The lowest BCUT2D eigenvalue weighted by Crippen LogP contribution is -2.39. The maximum Gasteiger partial charge on any atom is 0.260 e. The first-order valence-electron chi connectivity index (χ1n) is 11.2. The molecule has 1 heterocycles. The summed E-state index contributed by atoms with van der Waals surface area (Å²) in [6, 6.07) is 13.3. The monoisotopic (exact) mass is 502 g/mol. The predicted molar refractivity (Wildman–Crippen MR) is 133 cm³/mol. The van der Waals surface area contributed by atoms with Gasteiger partial charge in [-0.2, -0.15) is 5.10 Å². The molecule has 2 aromatic rings. The highest BCUT2D eigenvalue weighted by Crippen LogP contribution is 2.22. The number of rotatable bonds is 10. The van der Waals surface area contributed by atoms with E-state index in [-0.39, 0.29) is 12.5 Å². The van der Waals surface area contributed by atoms with Crippen molar-refractivity contribution in [2.75, 3.05) is 43.9 Å². The van der Waals surface area contributed by atoms with Gasteiger partial charge >= 0.3 is 0 Å². The number of anilines is 1. The van der Waals surface area contributed by atoms with Crippen molar-refractivity contribution in [1.82, 2.24) is 10.3 Å². The minimum absolute atomic E-state index is 0.00633. The van der Waals surface area contributed by atoms with Gasteiger partial charge in [0, 0.05) is 19.2 Å². The number of nitrogens with zero attached hydrogens (tertiary/aromatic N) is 3. The molecule has 10 nitrogen and oxygen atoms in total. The van der Waals surface area contributed by atoms with Crippen molar-refractivity contribution in [3.8, 4) is 11.5 Å². The number of amides is 2. The number of nitrogens with one attached hydrogen (secondary N) is 1. The van der Waals surface area contributed by atoms with Crippen LogP contribution in [0.25, 0.3) is 0 Å². The molecule has 0 bridgehead atoms. The maximum atomic E-state index is 12.3. The van der Waals surface area contributed by atoms with E-state index in [0.29, 0.717) is 22.7 Å². The number of sulfonamides is 1. The number of piperidine rings is 1. The molecule has 0 saturated carbocycles. The summed E-state index contributed by atoms with van der Waals surface area (Å²) in [6.07, 6.45) is 5.67. The van der Waals surface area contributed by atoms with E-state index in [2.05, 4.69) is 10.5 Å². The minimum atomic E-state index is -3.71. The van der Waals surface area contributed by atoms with E-state index < -0.39 is 22.5 Å². The SMILES string of the molecule is COc1cccc(N(CC(=O)N/N=C\c2ccc(OCC(=O)N3CCCCC3)cc2)S(C)(=O)=O)c1. The molecule has 35 heavy (non-hydrogen) atoms. The zero-order chi connectivity index (χ0) is 25.3. The number of benzene rings is 2. The van der Waals surface area contributed by atoms with Gasteiger partial charge in [0.25, 0.3) is 11.8 Å². The second kappa shape index (κ2) is 12.2. The third-order valence-electron chi connectivity index (χ3n) is 5.38. The number of hydrogen-bond acceptors (Lipinski definition) is 7. The molecular weight excluding hydrogens is 472 g/mol. The van der Waals surface area contributed by atoms with Gasteiger partial charge in [-0.3, -0.25) is 13.9 Å². The van der Waals surface area contributed by atoms with Gasteiger partial charge in [-0.05, 0) is 61.2 Å². The zero-order valence-electron chi connectivity index (χ0n) is 19.8. The molecule has 1 fully saturated rings. The Balaban J connectivity index is 1.51. The molecule has 1 N–H and O–H groups in total. The molecule has 3 rings (SSSR count). The largest absolute Gasteiger partial charge is 0.497 e. The van der Waals surface area contributed by atoms with Gasteiger partial charge in [-0.1, -0.05) is 6.07 Å². The Bertz CT molecular complexity index is 1140. The highest BCUT2D eigenvalue weighted by atomic mass is 32.2. The van der Waals surface area contributed by atoms with Gasteiger partial charge < -0.3 is 14.4 Å². The van der Waals surface area contributed by atoms with Crippen molar-refractivity contribution in [3.63, 3.8) is 0 Å². The van der Waals surface area contributed by atoms with E-state index in [9.17, 15) is 18.0 Å². The summed E-state index contributed by atoms with van der Waals surface area (Å²) in [4.78, 5) is 26.4. The van der Waals surface area contributed by atoms with Crippen LogP contribution in [0.15, 0.2) is 53.6 Å². The van der Waals surface area contributed by atoms with Crippen molar-refractivity contribution in [3.05, 3.63) is 54.1 Å². The molecule has 0 spiro atoms. The fourth-order valence-corrected chi connectivity index (χ4v) is 4.39. The number of methoxy groups -OCH3 is 1. The second-order valence-electron chi connectivity index (χ2n) is 8.06. The minimum Gasteiger partial charge on any atom is -0.497 e. The van der Waals surface area contributed by atoms with Crippen LogP contribution >= 0.6 is 0 Å². The number of carbonyl (C=O) groups excluding carboxylic acids is 2. The molecule has 0 unspecified atom stereocenters. The number of hydrogen-bond donors (Lipinski definition) is 1. The first-order chi connectivity index (χ1) is 16.8. The van der Waals surface area contributed by atoms with Gasteiger partial charge in [0.15, 0.2) is 6.61 Å². The molecule has 1 saturated heterocycles. The quantitative estimate of drug-likeness (QED) is 0.392. The van der Waals surface area contributed by atoms with E-state index in [0.717, 1.165) is 42.9 Å². The molecule has 0 atom stereocenters. The lowest BCUT2D eigenvalue weighted by atomic mass is 10.1. The van der Waals surface area contributed by atoms with E-state index in [1.807, 2.05) is 4.90 Å². The van der Waals surface area contributed by atoms with Crippen LogP contribution in [0.5, 0.6) is 11.5 Å². The highest BCUT2D eigenvalue weighted by molar-refractivity contribution is 7.92. The third-order valence-corrected chi connectivity index (χ3v) is 6.52. The van der Waals surface area contributed by atoms with Crippen LogP contribution in [0, 0.1) is 0 Å². The summed E-state index contributed by atoms with van der Waals surface area (Å²) in [7, 11) is -2.24. The normalized spacial score (nSPS) is 13.9. The Morgan fingerprint density at radius 2 is 1.80 bits per heavy atom. The van der Waals surface area contributed by atoms with Gasteiger partial charge in [-0.15, -0.1) is 0 Å². The Morgan fingerprint density at radius 3 is 2.46 bits per heavy atom. The van der Waals surface area contributed by atoms with Crippen molar-refractivity contribution < 1.29 is 27.5 Å². The standard InChI is InChI=1S/C24H30N4O6S/c1-33-22-8-6-7-20(15-22)28(35(2,31)32)17-23(29)26-25-16-19-9-11-21(12-10-19)34-18-24(30)27-13-4-3-5-14-27/h6-12,15-16H,3-5,13-14,17-18H2,1-2H3,(H,26,29)/b25-16-. The second-order valence-corrected chi connectivity index (χ2v) is 9.97. The summed E-state index contributed by atoms with van der Waals surface area (Å²) in [5, 5.41) is 3.90. The topological polar surface area (TPSA) is 118 Å². The Morgan fingerprint density at radius 1 is 1.09 bits per heavy atom. The number of likely N-dealkylation sites (tertiary alicyclic amines) is 1.